The van der Waals surface area contributed by atoms with Crippen molar-refractivity contribution in [2.24, 2.45) is 0 Å². The lowest BCUT2D eigenvalue weighted by Crippen LogP contribution is -2.09. The van der Waals surface area contributed by atoms with Crippen molar-refractivity contribution >= 4 is 5.97 Å². The van der Waals surface area contributed by atoms with E-state index in [1.807, 2.05) is 6.08 Å². The molecule has 0 aliphatic rings. The number of allylic oxidation sites excluding steroid dienone is 1. The summed E-state index contributed by atoms with van der Waals surface area (Å²) in [5.74, 6) is -0.145. The van der Waals surface area contributed by atoms with E-state index in [4.69, 9.17) is 4.74 Å². The molecule has 3 heteroatoms. The quantitative estimate of drug-likeness (QED) is 0.310. The molecule has 0 aromatic rings. The first-order valence-corrected chi connectivity index (χ1v) is 8.19. The Balaban J connectivity index is 3.39. The van der Waals surface area contributed by atoms with Gasteiger partial charge in [0.1, 0.15) is 0 Å². The number of unbranched alkanes of at least 4 members (excludes halogenated alkanes) is 3. The summed E-state index contributed by atoms with van der Waals surface area (Å²) in [7, 11) is 0. The highest BCUT2D eigenvalue weighted by Crippen LogP contribution is 2.11. The van der Waals surface area contributed by atoms with Gasteiger partial charge in [0.15, 0.2) is 0 Å². The molecule has 0 heterocycles. The molecular weight excluding hydrogens is 252 g/mol. The summed E-state index contributed by atoms with van der Waals surface area (Å²) in [6.07, 6.45) is 13.1. The van der Waals surface area contributed by atoms with Crippen molar-refractivity contribution in [2.45, 2.75) is 84.2 Å². The van der Waals surface area contributed by atoms with Crippen LogP contribution in [0.2, 0.25) is 0 Å². The maximum Gasteiger partial charge on any atom is 0.305 e. The Morgan fingerprint density at radius 1 is 1.10 bits per heavy atom. The van der Waals surface area contributed by atoms with Crippen molar-refractivity contribution in [3.63, 3.8) is 0 Å². The molecule has 3 nitrogen and oxygen atoms in total. The first-order valence-electron chi connectivity index (χ1n) is 8.19. The van der Waals surface area contributed by atoms with Gasteiger partial charge in [0, 0.05) is 6.42 Å². The number of carbonyl (C=O) groups is 1. The highest BCUT2D eigenvalue weighted by molar-refractivity contribution is 5.69. The first-order chi connectivity index (χ1) is 9.70. The molecule has 0 rings (SSSR count). The standard InChI is InChI=1S/C17H32O3/c1-3-5-7-9-12-16(18)13-11-14-17(19)20-15-10-8-6-4-2/h6,8,16,18H,3-5,7,9-15H2,1-2H3/b8-6-. The Bertz CT molecular complexity index is 249. The van der Waals surface area contributed by atoms with Gasteiger partial charge in [-0.15, -0.1) is 0 Å². The molecule has 0 aromatic carbocycles. The highest BCUT2D eigenvalue weighted by atomic mass is 16.5. The maximum absolute atomic E-state index is 11.4. The van der Waals surface area contributed by atoms with E-state index in [-0.39, 0.29) is 12.1 Å². The van der Waals surface area contributed by atoms with E-state index >= 15 is 0 Å². The molecule has 0 spiro atoms. The van der Waals surface area contributed by atoms with E-state index in [0.717, 1.165) is 32.1 Å². The van der Waals surface area contributed by atoms with Gasteiger partial charge < -0.3 is 9.84 Å². The van der Waals surface area contributed by atoms with Gasteiger partial charge in [0.05, 0.1) is 12.7 Å². The second-order valence-corrected chi connectivity index (χ2v) is 5.28. The van der Waals surface area contributed by atoms with Crippen LogP contribution >= 0.6 is 0 Å². The van der Waals surface area contributed by atoms with Crippen LogP contribution in [0.25, 0.3) is 0 Å². The van der Waals surface area contributed by atoms with Crippen molar-refractivity contribution in [3.8, 4) is 0 Å². The second kappa shape index (κ2) is 14.6. The van der Waals surface area contributed by atoms with Crippen LogP contribution in [0, 0.1) is 0 Å². The first kappa shape index (κ1) is 19.2. The summed E-state index contributed by atoms with van der Waals surface area (Å²) in [6, 6.07) is 0. The van der Waals surface area contributed by atoms with Gasteiger partial charge in [-0.1, -0.05) is 51.7 Å². The minimum absolute atomic E-state index is 0.145. The van der Waals surface area contributed by atoms with E-state index in [1.54, 1.807) is 0 Å². The lowest BCUT2D eigenvalue weighted by atomic mass is 10.0. The lowest BCUT2D eigenvalue weighted by Gasteiger charge is -2.09. The minimum Gasteiger partial charge on any atom is -0.465 e. The summed E-state index contributed by atoms with van der Waals surface area (Å²) in [4.78, 5) is 11.4. The van der Waals surface area contributed by atoms with E-state index in [2.05, 4.69) is 19.9 Å². The molecule has 0 aliphatic carbocycles. The number of carbonyl (C=O) groups excluding carboxylic acids is 1. The molecule has 1 N–H and O–H groups in total. The highest BCUT2D eigenvalue weighted by Gasteiger charge is 2.07. The zero-order chi connectivity index (χ0) is 15.1. The average Bonchev–Trinajstić information content (AvgIpc) is 2.43. The topological polar surface area (TPSA) is 46.5 Å². The maximum atomic E-state index is 11.4. The number of aliphatic hydroxyl groups excluding tert-OH is 1. The molecule has 1 unspecified atom stereocenters. The smallest absolute Gasteiger partial charge is 0.305 e. The van der Waals surface area contributed by atoms with E-state index in [9.17, 15) is 9.90 Å². The Hall–Kier alpha value is -0.830. The Kier molecular flexibility index (Phi) is 14.0. The molecule has 1 atom stereocenters. The fourth-order valence-electron chi connectivity index (χ4n) is 2.03. The van der Waals surface area contributed by atoms with Gasteiger partial charge in [0.25, 0.3) is 0 Å². The summed E-state index contributed by atoms with van der Waals surface area (Å²) in [6.45, 7) is 4.73. The fourth-order valence-corrected chi connectivity index (χ4v) is 2.03. The van der Waals surface area contributed by atoms with Crippen molar-refractivity contribution in [3.05, 3.63) is 12.2 Å². The van der Waals surface area contributed by atoms with Gasteiger partial charge in [-0.3, -0.25) is 4.79 Å². The Labute approximate surface area is 124 Å². The van der Waals surface area contributed by atoms with Crippen molar-refractivity contribution in [2.75, 3.05) is 6.61 Å². The summed E-state index contributed by atoms with van der Waals surface area (Å²) in [5, 5.41) is 9.77. The van der Waals surface area contributed by atoms with Crippen LogP contribution in [0.3, 0.4) is 0 Å². The number of esters is 1. The average molecular weight is 284 g/mol. The molecular formula is C17H32O3. The number of aliphatic hydroxyl groups is 1. The van der Waals surface area contributed by atoms with Crippen LogP contribution in [0.1, 0.15) is 78.1 Å². The third-order valence-electron chi connectivity index (χ3n) is 3.26. The van der Waals surface area contributed by atoms with E-state index < -0.39 is 0 Å². The lowest BCUT2D eigenvalue weighted by molar-refractivity contribution is -0.143. The molecule has 0 aliphatic heterocycles. The fraction of sp³-hybridized carbons (Fsp3) is 0.824. The molecule has 20 heavy (non-hydrogen) atoms. The molecule has 118 valence electrons. The zero-order valence-electron chi connectivity index (χ0n) is 13.3. The van der Waals surface area contributed by atoms with Crippen LogP contribution in [0.15, 0.2) is 12.2 Å². The monoisotopic (exact) mass is 284 g/mol. The number of ether oxygens (including phenoxy) is 1. The number of rotatable bonds is 13. The summed E-state index contributed by atoms with van der Waals surface area (Å²) < 4.78 is 5.11. The predicted octanol–water partition coefficient (Wildman–Crippen LogP) is 4.39. The van der Waals surface area contributed by atoms with Gasteiger partial charge in [0.2, 0.25) is 0 Å². The van der Waals surface area contributed by atoms with Crippen LogP contribution in [-0.4, -0.2) is 23.8 Å². The Morgan fingerprint density at radius 3 is 2.55 bits per heavy atom. The number of hydrogen-bond donors (Lipinski definition) is 1. The second-order valence-electron chi connectivity index (χ2n) is 5.28. The van der Waals surface area contributed by atoms with Crippen LogP contribution < -0.4 is 0 Å². The normalized spacial score (nSPS) is 12.8. The Morgan fingerprint density at radius 2 is 1.85 bits per heavy atom. The molecule has 0 aromatic heterocycles. The van der Waals surface area contributed by atoms with Gasteiger partial charge >= 0.3 is 5.97 Å². The number of hydrogen-bond acceptors (Lipinski definition) is 3. The van der Waals surface area contributed by atoms with E-state index in [0.29, 0.717) is 19.4 Å². The predicted molar refractivity (Wildman–Crippen MR) is 83.6 cm³/mol. The molecule has 0 amide bonds. The molecule has 0 fully saturated rings. The third-order valence-corrected chi connectivity index (χ3v) is 3.26. The third kappa shape index (κ3) is 13.6. The molecule has 0 bridgehead atoms. The minimum atomic E-state index is -0.257. The van der Waals surface area contributed by atoms with Gasteiger partial charge in [-0.25, -0.2) is 0 Å². The van der Waals surface area contributed by atoms with Gasteiger partial charge in [-0.05, 0) is 32.1 Å². The van der Waals surface area contributed by atoms with Crippen molar-refractivity contribution in [1.29, 1.82) is 0 Å². The SMILES string of the molecule is CC/C=C\CCOC(=O)CCCC(O)CCCCCC. The zero-order valence-corrected chi connectivity index (χ0v) is 13.3. The van der Waals surface area contributed by atoms with Crippen LogP contribution in [0.4, 0.5) is 0 Å². The molecule has 0 radical (unpaired) electrons. The van der Waals surface area contributed by atoms with Crippen molar-refractivity contribution in [1.82, 2.24) is 0 Å². The van der Waals surface area contributed by atoms with Crippen LogP contribution in [-0.2, 0) is 9.53 Å². The summed E-state index contributed by atoms with van der Waals surface area (Å²) >= 11 is 0. The van der Waals surface area contributed by atoms with Crippen molar-refractivity contribution < 1.29 is 14.6 Å². The van der Waals surface area contributed by atoms with E-state index in [1.165, 1.54) is 19.3 Å². The summed E-state index contributed by atoms with van der Waals surface area (Å²) in [5.41, 5.74) is 0. The van der Waals surface area contributed by atoms with Gasteiger partial charge in [-0.2, -0.15) is 0 Å². The molecule has 0 saturated carbocycles. The largest absolute Gasteiger partial charge is 0.465 e. The van der Waals surface area contributed by atoms with Crippen LogP contribution in [0.5, 0.6) is 0 Å². The molecule has 0 saturated heterocycles.